The number of aromatic amines is 1. The van der Waals surface area contributed by atoms with Crippen LogP contribution in [-0.2, 0) is 11.3 Å². The van der Waals surface area contributed by atoms with Gasteiger partial charge in [0.15, 0.2) is 11.3 Å². The fraction of sp³-hybridized carbons (Fsp3) is 0.292. The van der Waals surface area contributed by atoms with E-state index in [1.54, 1.807) is 20.2 Å². The second-order valence-corrected chi connectivity index (χ2v) is 8.02. The molecular weight excluding hydrogens is 406 g/mol. The van der Waals surface area contributed by atoms with Crippen molar-refractivity contribution in [1.82, 2.24) is 20.1 Å². The van der Waals surface area contributed by atoms with Crippen molar-refractivity contribution in [2.75, 3.05) is 25.5 Å². The van der Waals surface area contributed by atoms with Crippen molar-refractivity contribution in [2.45, 2.75) is 25.8 Å². The number of benzene rings is 1. The van der Waals surface area contributed by atoms with Gasteiger partial charge in [-0.2, -0.15) is 5.10 Å². The number of nitrogens with zero attached hydrogens (tertiary/aromatic N) is 3. The highest BCUT2D eigenvalue weighted by Crippen LogP contribution is 2.34. The van der Waals surface area contributed by atoms with Gasteiger partial charge in [-0.15, -0.1) is 0 Å². The third kappa shape index (κ3) is 3.79. The van der Waals surface area contributed by atoms with Gasteiger partial charge in [-0.1, -0.05) is 12.1 Å². The Morgan fingerprint density at radius 3 is 3.06 bits per heavy atom. The van der Waals surface area contributed by atoms with Crippen LogP contribution < -0.4 is 10.1 Å². The van der Waals surface area contributed by atoms with Crippen molar-refractivity contribution < 1.29 is 13.9 Å². The zero-order valence-corrected chi connectivity index (χ0v) is 18.1. The summed E-state index contributed by atoms with van der Waals surface area (Å²) in [4.78, 5) is 18.1. The number of carbonyl (C=O) groups is 1. The summed E-state index contributed by atoms with van der Waals surface area (Å²) >= 11 is 0. The van der Waals surface area contributed by atoms with E-state index in [0.29, 0.717) is 6.54 Å². The van der Waals surface area contributed by atoms with Gasteiger partial charge in [0.25, 0.3) is 0 Å². The van der Waals surface area contributed by atoms with Gasteiger partial charge in [0.05, 0.1) is 19.9 Å². The number of H-pyrrole nitrogens is 1. The maximum Gasteiger partial charge on any atom is 0.219 e. The van der Waals surface area contributed by atoms with Gasteiger partial charge in [0, 0.05) is 48.8 Å². The molecule has 32 heavy (non-hydrogen) atoms. The minimum Gasteiger partial charge on any atom is -0.493 e. The maximum atomic E-state index is 11.7. The number of pyridine rings is 1. The van der Waals surface area contributed by atoms with Crippen LogP contribution in [0.25, 0.3) is 22.1 Å². The predicted octanol–water partition coefficient (Wildman–Crippen LogP) is 4.17. The molecule has 2 N–H and O–H groups in total. The summed E-state index contributed by atoms with van der Waals surface area (Å²) in [7, 11) is 1.64. The number of anilines is 1. The number of methoxy groups -OCH3 is 1. The molecule has 4 heterocycles. The Bertz CT molecular complexity index is 1260. The third-order valence-corrected chi connectivity index (χ3v) is 6.00. The minimum absolute atomic E-state index is 0.118. The number of fused-ring (bicyclic) bond motifs is 1. The molecule has 8 nitrogen and oxygen atoms in total. The summed E-state index contributed by atoms with van der Waals surface area (Å²) in [6.45, 7) is 3.62. The Labute approximate surface area is 185 Å². The molecule has 0 saturated carbocycles. The van der Waals surface area contributed by atoms with E-state index in [2.05, 4.69) is 20.5 Å². The Morgan fingerprint density at radius 1 is 1.34 bits per heavy atom. The van der Waals surface area contributed by atoms with Crippen LogP contribution in [0.1, 0.15) is 30.7 Å². The summed E-state index contributed by atoms with van der Waals surface area (Å²) in [5, 5.41) is 11.8. The monoisotopic (exact) mass is 431 g/mol. The van der Waals surface area contributed by atoms with E-state index in [1.807, 2.05) is 47.5 Å². The van der Waals surface area contributed by atoms with E-state index >= 15 is 0 Å². The number of ether oxygens (including phenoxy) is 1. The highest BCUT2D eigenvalue weighted by molar-refractivity contribution is 5.83. The van der Waals surface area contributed by atoms with Gasteiger partial charge in [-0.05, 0) is 36.2 Å². The van der Waals surface area contributed by atoms with Crippen LogP contribution in [0, 0.1) is 0 Å². The van der Waals surface area contributed by atoms with Gasteiger partial charge in [0.2, 0.25) is 5.91 Å². The summed E-state index contributed by atoms with van der Waals surface area (Å²) in [6.07, 6.45) is 4.56. The second kappa shape index (κ2) is 8.37. The molecule has 3 aromatic heterocycles. The molecule has 1 aromatic carbocycles. The Hall–Kier alpha value is -3.81. The predicted molar refractivity (Wildman–Crippen MR) is 122 cm³/mol. The number of para-hydroxylation sites is 1. The molecule has 1 aliphatic rings. The van der Waals surface area contributed by atoms with Crippen LogP contribution in [0.5, 0.6) is 5.75 Å². The molecule has 0 radical (unpaired) electrons. The molecule has 5 rings (SSSR count). The molecule has 1 unspecified atom stereocenters. The fourth-order valence-corrected chi connectivity index (χ4v) is 4.33. The molecule has 1 saturated heterocycles. The largest absolute Gasteiger partial charge is 0.493 e. The minimum atomic E-state index is 0.118. The van der Waals surface area contributed by atoms with Gasteiger partial charge < -0.3 is 19.4 Å². The lowest BCUT2D eigenvalue weighted by Gasteiger charge is -2.14. The van der Waals surface area contributed by atoms with E-state index in [9.17, 15) is 4.79 Å². The smallest absolute Gasteiger partial charge is 0.219 e. The van der Waals surface area contributed by atoms with Gasteiger partial charge in [0.1, 0.15) is 11.6 Å². The lowest BCUT2D eigenvalue weighted by atomic mass is 9.97. The summed E-state index contributed by atoms with van der Waals surface area (Å²) in [5.74, 6) is 2.64. The zero-order chi connectivity index (χ0) is 22.1. The normalized spacial score (nSPS) is 15.9. The number of carbonyl (C=O) groups excluding carboxylic acids is 1. The molecule has 0 aliphatic carbocycles. The molecule has 4 aromatic rings. The number of furan rings is 1. The second-order valence-electron chi connectivity index (χ2n) is 8.02. The van der Waals surface area contributed by atoms with Crippen molar-refractivity contribution in [3.05, 3.63) is 60.2 Å². The highest BCUT2D eigenvalue weighted by Gasteiger charge is 2.28. The number of aromatic nitrogens is 3. The first-order valence-corrected chi connectivity index (χ1v) is 10.7. The van der Waals surface area contributed by atoms with Crippen LogP contribution in [-0.4, -0.2) is 46.2 Å². The van der Waals surface area contributed by atoms with E-state index in [4.69, 9.17) is 9.15 Å². The molecule has 0 bridgehead atoms. The zero-order valence-electron chi connectivity index (χ0n) is 18.1. The van der Waals surface area contributed by atoms with Crippen molar-refractivity contribution in [3.63, 3.8) is 0 Å². The molecule has 1 aliphatic heterocycles. The van der Waals surface area contributed by atoms with Gasteiger partial charge in [-0.25, -0.2) is 4.98 Å². The number of hydrogen-bond acceptors (Lipinski definition) is 6. The lowest BCUT2D eigenvalue weighted by molar-refractivity contribution is -0.127. The fourth-order valence-electron chi connectivity index (χ4n) is 4.33. The average molecular weight is 431 g/mol. The number of rotatable bonds is 6. The number of hydrogen-bond donors (Lipinski definition) is 2. The van der Waals surface area contributed by atoms with Crippen LogP contribution in [0.15, 0.2) is 53.2 Å². The first-order valence-electron chi connectivity index (χ1n) is 10.7. The number of nitrogens with one attached hydrogen (secondary N) is 2. The Morgan fingerprint density at radius 2 is 2.25 bits per heavy atom. The van der Waals surface area contributed by atoms with Crippen LogP contribution in [0.2, 0.25) is 0 Å². The van der Waals surface area contributed by atoms with Crippen LogP contribution in [0.4, 0.5) is 5.82 Å². The van der Waals surface area contributed by atoms with Gasteiger partial charge >= 0.3 is 0 Å². The molecule has 0 spiro atoms. The van der Waals surface area contributed by atoms with E-state index in [1.165, 1.54) is 0 Å². The van der Waals surface area contributed by atoms with Gasteiger partial charge in [-0.3, -0.25) is 9.89 Å². The van der Waals surface area contributed by atoms with E-state index < -0.39 is 0 Å². The highest BCUT2D eigenvalue weighted by atomic mass is 16.5. The maximum absolute atomic E-state index is 11.7. The molecule has 164 valence electrons. The van der Waals surface area contributed by atoms with Crippen molar-refractivity contribution in [1.29, 1.82) is 0 Å². The molecular formula is C24H25N5O3. The van der Waals surface area contributed by atoms with Crippen LogP contribution >= 0.6 is 0 Å². The van der Waals surface area contributed by atoms with Crippen molar-refractivity contribution in [2.24, 2.45) is 0 Å². The summed E-state index contributed by atoms with van der Waals surface area (Å²) < 4.78 is 11.3. The molecule has 1 atom stereocenters. The quantitative estimate of drug-likeness (QED) is 0.476. The first-order chi connectivity index (χ1) is 15.6. The SMILES string of the molecule is COc1cccc2cc(CNc3cc(-c4cn[nH]c4C4CCN(C(C)=O)C4)ccn3)oc12. The third-order valence-electron chi connectivity index (χ3n) is 6.00. The average Bonchev–Trinajstić information content (AvgIpc) is 3.56. The lowest BCUT2D eigenvalue weighted by Crippen LogP contribution is -2.25. The van der Waals surface area contributed by atoms with Crippen molar-refractivity contribution >= 4 is 22.7 Å². The Kier molecular flexibility index (Phi) is 5.26. The van der Waals surface area contributed by atoms with Crippen molar-refractivity contribution in [3.8, 4) is 16.9 Å². The summed E-state index contributed by atoms with van der Waals surface area (Å²) in [6, 6.07) is 11.8. The van der Waals surface area contributed by atoms with Crippen LogP contribution in [0.3, 0.4) is 0 Å². The van der Waals surface area contributed by atoms with E-state index in [-0.39, 0.29) is 11.8 Å². The molecule has 8 heteroatoms. The first kappa shape index (κ1) is 20.1. The number of likely N-dealkylation sites (tertiary alicyclic amines) is 1. The molecule has 1 fully saturated rings. The standard InChI is InChI=1S/C24H25N5O3/c1-15(30)29-9-7-18(14-29)23-20(13-27-28-23)16-6-8-25-22(11-16)26-12-19-10-17-4-3-5-21(31-2)24(17)32-19/h3-6,8,10-11,13,18H,7,9,12,14H2,1-2H3,(H,25,26)(H,27,28). The molecule has 1 amide bonds. The van der Waals surface area contributed by atoms with E-state index in [0.717, 1.165) is 64.6 Å². The Balaban J connectivity index is 1.33. The topological polar surface area (TPSA) is 96.3 Å². The summed E-state index contributed by atoms with van der Waals surface area (Å²) in [5.41, 5.74) is 3.88. The number of amides is 1.